The lowest BCUT2D eigenvalue weighted by Gasteiger charge is -2.32. The second-order valence-electron chi connectivity index (χ2n) is 7.48. The maximum atomic E-state index is 13.3. The van der Waals surface area contributed by atoms with E-state index in [1.54, 1.807) is 26.0 Å². The van der Waals surface area contributed by atoms with Crippen LogP contribution in [0.2, 0.25) is 0 Å². The Bertz CT molecular complexity index is 897. The second-order valence-corrected chi connectivity index (χ2v) is 7.48. The van der Waals surface area contributed by atoms with Crippen LogP contribution in [0, 0.1) is 5.82 Å². The zero-order chi connectivity index (χ0) is 22.6. The Morgan fingerprint density at radius 2 is 1.71 bits per heavy atom. The number of hydrogen-bond acceptors (Lipinski definition) is 4. The molecule has 3 rings (SSSR count). The van der Waals surface area contributed by atoms with Crippen LogP contribution in [0.5, 0.6) is 0 Å². The van der Waals surface area contributed by atoms with Crippen LogP contribution < -0.4 is 15.5 Å². The molecule has 0 aromatic heterocycles. The van der Waals surface area contributed by atoms with E-state index < -0.39 is 23.8 Å². The summed E-state index contributed by atoms with van der Waals surface area (Å²) in [6.45, 7) is 5.37. The van der Waals surface area contributed by atoms with E-state index in [-0.39, 0.29) is 17.4 Å². The molecule has 31 heavy (non-hydrogen) atoms. The Morgan fingerprint density at radius 3 is 2.32 bits per heavy atom. The van der Waals surface area contributed by atoms with Gasteiger partial charge in [-0.1, -0.05) is 12.1 Å². The van der Waals surface area contributed by atoms with Crippen molar-refractivity contribution in [3.63, 3.8) is 0 Å². The van der Waals surface area contributed by atoms with Gasteiger partial charge >= 0.3 is 6.18 Å². The molecule has 2 aromatic carbocycles. The molecular formula is C22H25F4N3O2. The van der Waals surface area contributed by atoms with Crippen molar-refractivity contribution in [3.05, 3.63) is 59.4 Å². The summed E-state index contributed by atoms with van der Waals surface area (Å²) in [5.41, 5.74) is 0.741. The molecule has 1 aliphatic heterocycles. The lowest BCUT2D eigenvalue weighted by Crippen LogP contribution is -2.40. The summed E-state index contributed by atoms with van der Waals surface area (Å²) in [4.78, 5) is 14.6. The van der Waals surface area contributed by atoms with Crippen LogP contribution in [0.25, 0.3) is 0 Å². The van der Waals surface area contributed by atoms with E-state index in [2.05, 4.69) is 10.6 Å². The van der Waals surface area contributed by atoms with Gasteiger partial charge in [0.15, 0.2) is 0 Å². The minimum Gasteiger partial charge on any atom is -0.378 e. The van der Waals surface area contributed by atoms with Gasteiger partial charge in [-0.05, 0) is 49.7 Å². The Morgan fingerprint density at radius 1 is 1.06 bits per heavy atom. The number of nitrogens with zero attached hydrogens (tertiary/aromatic N) is 1. The largest absolute Gasteiger partial charge is 0.416 e. The number of anilines is 2. The van der Waals surface area contributed by atoms with Crippen LogP contribution in [-0.4, -0.2) is 38.3 Å². The van der Waals surface area contributed by atoms with Crippen LogP contribution in [0.4, 0.5) is 28.9 Å². The van der Waals surface area contributed by atoms with Gasteiger partial charge in [0.1, 0.15) is 11.9 Å². The third kappa shape index (κ3) is 5.88. The molecule has 1 aliphatic rings. The van der Waals surface area contributed by atoms with E-state index in [1.807, 2.05) is 4.90 Å². The molecular weight excluding hydrogens is 414 g/mol. The molecule has 2 atom stereocenters. The predicted octanol–water partition coefficient (Wildman–Crippen LogP) is 4.36. The highest BCUT2D eigenvalue weighted by Gasteiger charge is 2.32. The first kappa shape index (κ1) is 22.9. The average Bonchev–Trinajstić information content (AvgIpc) is 2.74. The third-order valence-corrected chi connectivity index (χ3v) is 5.17. The molecule has 0 unspecified atom stereocenters. The van der Waals surface area contributed by atoms with Gasteiger partial charge < -0.3 is 20.3 Å². The molecule has 0 spiro atoms. The number of halogens is 4. The van der Waals surface area contributed by atoms with Gasteiger partial charge in [0.25, 0.3) is 0 Å². The SMILES string of the molecule is C[C@@H](Nc1cc(C(F)(F)F)ccc1N1CCOCC1)C(=O)N[C@H](C)c1ccc(F)cc1. The topological polar surface area (TPSA) is 53.6 Å². The van der Waals surface area contributed by atoms with Gasteiger partial charge in [-0.2, -0.15) is 13.2 Å². The van der Waals surface area contributed by atoms with Crippen molar-refractivity contribution in [2.24, 2.45) is 0 Å². The zero-order valence-electron chi connectivity index (χ0n) is 17.3. The molecule has 0 aliphatic carbocycles. The molecule has 1 amide bonds. The van der Waals surface area contributed by atoms with E-state index in [0.29, 0.717) is 32.0 Å². The molecule has 1 heterocycles. The van der Waals surface area contributed by atoms with Gasteiger partial charge in [-0.15, -0.1) is 0 Å². The number of nitrogens with one attached hydrogen (secondary N) is 2. The molecule has 9 heteroatoms. The minimum absolute atomic E-state index is 0.230. The Kier molecular flexibility index (Phi) is 7.04. The van der Waals surface area contributed by atoms with Gasteiger partial charge in [0, 0.05) is 13.1 Å². The summed E-state index contributed by atoms with van der Waals surface area (Å²) in [5.74, 6) is -0.764. The first-order valence-electron chi connectivity index (χ1n) is 10.0. The van der Waals surface area contributed by atoms with Gasteiger partial charge in [0.2, 0.25) is 5.91 Å². The fourth-order valence-electron chi connectivity index (χ4n) is 3.38. The Balaban J connectivity index is 1.76. The zero-order valence-corrected chi connectivity index (χ0v) is 17.3. The van der Waals surface area contributed by atoms with Crippen molar-refractivity contribution in [1.82, 2.24) is 5.32 Å². The van der Waals surface area contributed by atoms with Crippen LogP contribution >= 0.6 is 0 Å². The summed E-state index contributed by atoms with van der Waals surface area (Å²) < 4.78 is 58.2. The fourth-order valence-corrected chi connectivity index (χ4v) is 3.38. The summed E-state index contributed by atoms with van der Waals surface area (Å²) in [7, 11) is 0. The first-order valence-corrected chi connectivity index (χ1v) is 10.0. The molecule has 2 N–H and O–H groups in total. The van der Waals surface area contributed by atoms with Crippen LogP contribution in [-0.2, 0) is 15.7 Å². The highest BCUT2D eigenvalue weighted by atomic mass is 19.4. The van der Waals surface area contributed by atoms with Crippen LogP contribution in [0.1, 0.15) is 31.0 Å². The number of rotatable bonds is 6. The number of ether oxygens (including phenoxy) is 1. The summed E-state index contributed by atoms with van der Waals surface area (Å²) in [6, 6.07) is 8.04. The number of alkyl halides is 3. The van der Waals surface area contributed by atoms with E-state index >= 15 is 0 Å². The Hall–Kier alpha value is -2.81. The van der Waals surface area contributed by atoms with Crippen molar-refractivity contribution in [1.29, 1.82) is 0 Å². The van der Waals surface area contributed by atoms with Crippen molar-refractivity contribution in [2.45, 2.75) is 32.1 Å². The van der Waals surface area contributed by atoms with Gasteiger partial charge in [0.05, 0.1) is 36.2 Å². The quantitative estimate of drug-likeness (QED) is 0.657. The molecule has 0 bridgehead atoms. The van der Waals surface area contributed by atoms with Gasteiger partial charge in [-0.25, -0.2) is 4.39 Å². The van der Waals surface area contributed by atoms with E-state index in [1.165, 1.54) is 18.2 Å². The third-order valence-electron chi connectivity index (χ3n) is 5.17. The summed E-state index contributed by atoms with van der Waals surface area (Å²) in [5, 5.41) is 5.73. The molecule has 1 saturated heterocycles. The van der Waals surface area contributed by atoms with Gasteiger partial charge in [-0.3, -0.25) is 4.79 Å². The lowest BCUT2D eigenvalue weighted by molar-refractivity contribution is -0.137. The Labute approximate surface area is 178 Å². The standard InChI is InChI=1S/C22H25F4N3O2/c1-14(16-3-6-18(23)7-4-16)28-21(30)15(2)27-19-13-17(22(24,25)26)5-8-20(19)29-9-11-31-12-10-29/h3-8,13-15,27H,9-12H2,1-2H3,(H,28,30)/t14-,15-/m1/s1. The molecule has 0 radical (unpaired) electrons. The maximum absolute atomic E-state index is 13.3. The molecule has 2 aromatic rings. The number of carbonyl (C=O) groups is 1. The number of benzene rings is 2. The molecule has 168 valence electrons. The van der Waals surface area contributed by atoms with E-state index in [9.17, 15) is 22.4 Å². The summed E-state index contributed by atoms with van der Waals surface area (Å²) >= 11 is 0. The predicted molar refractivity (Wildman–Crippen MR) is 111 cm³/mol. The number of hydrogen-bond donors (Lipinski definition) is 2. The van der Waals surface area contributed by atoms with E-state index in [4.69, 9.17) is 4.74 Å². The molecule has 1 fully saturated rings. The van der Waals surface area contributed by atoms with Crippen molar-refractivity contribution >= 4 is 17.3 Å². The molecule has 0 saturated carbocycles. The maximum Gasteiger partial charge on any atom is 0.416 e. The van der Waals surface area contributed by atoms with Crippen molar-refractivity contribution in [2.75, 3.05) is 36.5 Å². The van der Waals surface area contributed by atoms with Crippen molar-refractivity contribution < 1.29 is 27.1 Å². The minimum atomic E-state index is -4.50. The number of carbonyl (C=O) groups excluding carboxylic acids is 1. The monoisotopic (exact) mass is 439 g/mol. The fraction of sp³-hybridized carbons (Fsp3) is 0.409. The van der Waals surface area contributed by atoms with E-state index in [0.717, 1.165) is 17.7 Å². The second kappa shape index (κ2) is 9.55. The first-order chi connectivity index (χ1) is 14.6. The van der Waals surface area contributed by atoms with Crippen LogP contribution in [0.15, 0.2) is 42.5 Å². The lowest BCUT2D eigenvalue weighted by atomic mass is 10.1. The smallest absolute Gasteiger partial charge is 0.378 e. The van der Waals surface area contributed by atoms with Crippen molar-refractivity contribution in [3.8, 4) is 0 Å². The highest BCUT2D eigenvalue weighted by molar-refractivity contribution is 5.86. The highest BCUT2D eigenvalue weighted by Crippen LogP contribution is 2.36. The number of morpholine rings is 1. The normalized spacial score (nSPS) is 16.5. The summed E-state index contributed by atoms with van der Waals surface area (Å²) in [6.07, 6.45) is -4.50. The molecule has 5 nitrogen and oxygen atoms in total. The number of amides is 1. The average molecular weight is 439 g/mol. The van der Waals surface area contributed by atoms with Crippen LogP contribution in [0.3, 0.4) is 0 Å².